The fraction of sp³-hybridized carbons (Fsp3) is 0.316. The van der Waals surface area contributed by atoms with Crippen LogP contribution in [0, 0.1) is 0 Å². The number of pyridine rings is 1. The molecule has 0 aliphatic carbocycles. The molecule has 0 saturated heterocycles. The topological polar surface area (TPSA) is 48.5 Å². The van der Waals surface area contributed by atoms with Crippen molar-refractivity contribution in [1.82, 2.24) is 24.1 Å². The van der Waals surface area contributed by atoms with E-state index in [1.54, 1.807) is 17.7 Å². The number of fused-ring (bicyclic) bond motifs is 2. The first-order valence-electron chi connectivity index (χ1n) is 9.18. The van der Waals surface area contributed by atoms with Crippen molar-refractivity contribution in [3.8, 4) is 11.4 Å². The second-order valence-electron chi connectivity index (χ2n) is 6.82. The quantitative estimate of drug-likeness (QED) is 0.249. The van der Waals surface area contributed by atoms with Crippen LogP contribution >= 0.6 is 23.5 Å². The number of rotatable bonds is 4. The Hall–Kier alpha value is -2.41. The molecule has 3 heterocycles. The Bertz CT molecular complexity index is 1320. The van der Waals surface area contributed by atoms with E-state index in [0.29, 0.717) is 33.2 Å². The normalized spacial score (nSPS) is 12.9. The summed E-state index contributed by atoms with van der Waals surface area (Å²) in [6, 6.07) is 4.44. The minimum Gasteiger partial charge on any atom is -0.323 e. The van der Waals surface area contributed by atoms with Gasteiger partial charge >= 0.3 is 11.7 Å². The molecule has 4 rings (SSSR count). The highest BCUT2D eigenvalue weighted by Gasteiger charge is 2.37. The molecule has 0 aliphatic heterocycles. The Balaban J connectivity index is 1.91. The summed E-state index contributed by atoms with van der Waals surface area (Å²) >= 11 is 1.13. The second-order valence-corrected chi connectivity index (χ2v) is 9.26. The molecular weight excluding hydrogens is 476 g/mol. The van der Waals surface area contributed by atoms with E-state index >= 15 is 0 Å². The van der Waals surface area contributed by atoms with Crippen LogP contribution in [-0.4, -0.2) is 35.3 Å². The maximum absolute atomic E-state index is 13.3. The number of hydrogen-bond donors (Lipinski definition) is 0. The van der Waals surface area contributed by atoms with E-state index in [2.05, 4.69) is 15.0 Å². The maximum Gasteiger partial charge on any atom is 0.449 e. The molecule has 3 aromatic heterocycles. The van der Waals surface area contributed by atoms with Gasteiger partial charge in [-0.25, -0.2) is 15.0 Å². The fourth-order valence-electron chi connectivity index (χ4n) is 3.41. The molecule has 0 spiro atoms. The van der Waals surface area contributed by atoms with Gasteiger partial charge in [-0.2, -0.15) is 26.3 Å². The molecule has 0 fully saturated rings. The molecule has 1 aromatic carbocycles. The van der Waals surface area contributed by atoms with Crippen LogP contribution in [0.3, 0.4) is 0 Å². The summed E-state index contributed by atoms with van der Waals surface area (Å²) in [4.78, 5) is 12.9. The molecule has 0 amide bonds. The largest absolute Gasteiger partial charge is 0.449 e. The maximum atomic E-state index is 13.3. The zero-order valence-electron chi connectivity index (χ0n) is 16.8. The Morgan fingerprint density at radius 1 is 0.938 bits per heavy atom. The average molecular weight is 491 g/mol. The minimum absolute atomic E-state index is 0.104. The van der Waals surface area contributed by atoms with Gasteiger partial charge in [-0.1, -0.05) is 6.92 Å². The van der Waals surface area contributed by atoms with Crippen LogP contribution in [0.5, 0.6) is 0 Å². The molecule has 0 unspecified atom stereocenters. The Labute approximate surface area is 186 Å². The lowest BCUT2D eigenvalue weighted by atomic mass is 10.2. The van der Waals surface area contributed by atoms with Crippen LogP contribution in [0.15, 0.2) is 34.2 Å². The van der Waals surface area contributed by atoms with Gasteiger partial charge in [0.1, 0.15) is 11.3 Å². The number of nitrogens with zero attached hydrogens (tertiary/aromatic N) is 5. The molecule has 0 saturated carbocycles. The number of aromatic nitrogens is 5. The molecule has 4 aromatic rings. The molecule has 5 nitrogen and oxygen atoms in total. The van der Waals surface area contributed by atoms with E-state index in [-0.39, 0.29) is 27.7 Å². The van der Waals surface area contributed by atoms with Gasteiger partial charge in [0.2, 0.25) is 5.82 Å². The monoisotopic (exact) mass is 491 g/mol. The van der Waals surface area contributed by atoms with Gasteiger partial charge < -0.3 is 9.13 Å². The van der Waals surface area contributed by atoms with Crippen molar-refractivity contribution in [1.29, 1.82) is 0 Å². The lowest BCUT2D eigenvalue weighted by Gasteiger charge is -2.10. The minimum atomic E-state index is -4.61. The molecule has 170 valence electrons. The molecule has 0 atom stereocenters. The highest BCUT2D eigenvalue weighted by molar-refractivity contribution is 8.00. The summed E-state index contributed by atoms with van der Waals surface area (Å²) in [5.41, 5.74) is -2.86. The van der Waals surface area contributed by atoms with E-state index in [1.165, 1.54) is 30.9 Å². The van der Waals surface area contributed by atoms with Crippen molar-refractivity contribution in [2.24, 2.45) is 14.1 Å². The number of thioether (sulfide) groups is 2. The standard InChI is InChI=1S/C19H15F6N5S2/c1-4-31-14-7-13-11(28-17(29(13)2)18(20,21)22)6-10(14)15-27-12-5-9(32-19(23,24)25)8-26-16(12)30(15)3/h5-8H,4H2,1-3H3. The van der Waals surface area contributed by atoms with Gasteiger partial charge in [-0.05, 0) is 35.7 Å². The smallest absolute Gasteiger partial charge is 0.323 e. The molecule has 0 aliphatic rings. The zero-order chi connectivity index (χ0) is 23.4. The Morgan fingerprint density at radius 3 is 2.28 bits per heavy atom. The highest BCUT2D eigenvalue weighted by Crippen LogP contribution is 2.40. The molecule has 32 heavy (non-hydrogen) atoms. The summed E-state index contributed by atoms with van der Waals surface area (Å²) in [7, 11) is 2.95. The van der Waals surface area contributed by atoms with E-state index in [4.69, 9.17) is 0 Å². The molecular formula is C19H15F6N5S2. The van der Waals surface area contributed by atoms with E-state index in [9.17, 15) is 26.3 Å². The third kappa shape index (κ3) is 4.15. The predicted molar refractivity (Wildman–Crippen MR) is 112 cm³/mol. The van der Waals surface area contributed by atoms with Crippen LogP contribution in [-0.2, 0) is 20.3 Å². The van der Waals surface area contributed by atoms with Gasteiger partial charge in [0, 0.05) is 35.6 Å². The lowest BCUT2D eigenvalue weighted by Crippen LogP contribution is -2.12. The average Bonchev–Trinajstić information content (AvgIpc) is 3.17. The summed E-state index contributed by atoms with van der Waals surface area (Å²) in [6.45, 7) is 1.90. The lowest BCUT2D eigenvalue weighted by molar-refractivity contribution is -0.146. The number of aryl methyl sites for hydroxylation is 2. The number of alkyl halides is 6. The number of halogens is 6. The van der Waals surface area contributed by atoms with Gasteiger partial charge in [-0.3, -0.25) is 0 Å². The van der Waals surface area contributed by atoms with Gasteiger partial charge in [0.25, 0.3) is 0 Å². The van der Waals surface area contributed by atoms with Crippen LogP contribution in [0.4, 0.5) is 26.3 Å². The van der Waals surface area contributed by atoms with Crippen LogP contribution < -0.4 is 0 Å². The van der Waals surface area contributed by atoms with Crippen molar-refractivity contribution in [2.75, 3.05) is 5.75 Å². The van der Waals surface area contributed by atoms with Crippen molar-refractivity contribution < 1.29 is 26.3 Å². The second kappa shape index (κ2) is 7.87. The summed E-state index contributed by atoms with van der Waals surface area (Å²) < 4.78 is 80.7. The van der Waals surface area contributed by atoms with Crippen molar-refractivity contribution in [3.63, 3.8) is 0 Å². The van der Waals surface area contributed by atoms with Gasteiger partial charge in [-0.15, -0.1) is 11.8 Å². The van der Waals surface area contributed by atoms with E-state index in [1.807, 2.05) is 6.92 Å². The highest BCUT2D eigenvalue weighted by atomic mass is 32.2. The summed E-state index contributed by atoms with van der Waals surface area (Å²) in [6.07, 6.45) is -3.49. The number of imidazole rings is 2. The van der Waals surface area contributed by atoms with Crippen LogP contribution in [0.2, 0.25) is 0 Å². The molecule has 13 heteroatoms. The molecule has 0 radical (unpaired) electrons. The Kier molecular flexibility index (Phi) is 5.60. The molecule has 0 bridgehead atoms. The van der Waals surface area contributed by atoms with Gasteiger partial charge in [0.15, 0.2) is 5.65 Å². The number of benzene rings is 1. The SMILES string of the molecule is CCSc1cc2c(cc1-c1nc3cc(SC(F)(F)F)cnc3n1C)nc(C(F)(F)F)n2C. The summed E-state index contributed by atoms with van der Waals surface area (Å²) in [5.74, 6) is 0.00754. The molecule has 0 N–H and O–H groups in total. The first-order chi connectivity index (χ1) is 14.9. The van der Waals surface area contributed by atoms with Crippen LogP contribution in [0.25, 0.3) is 33.6 Å². The number of hydrogen-bond acceptors (Lipinski definition) is 5. The van der Waals surface area contributed by atoms with Gasteiger partial charge in [0.05, 0.1) is 11.0 Å². The summed E-state index contributed by atoms with van der Waals surface area (Å²) in [5, 5.41) is 0. The third-order valence-electron chi connectivity index (χ3n) is 4.69. The van der Waals surface area contributed by atoms with Crippen molar-refractivity contribution >= 4 is 45.7 Å². The van der Waals surface area contributed by atoms with E-state index < -0.39 is 17.5 Å². The third-order valence-corrected chi connectivity index (χ3v) is 6.32. The van der Waals surface area contributed by atoms with Crippen molar-refractivity contribution in [3.05, 3.63) is 30.2 Å². The predicted octanol–water partition coefficient (Wildman–Crippen LogP) is 6.26. The first kappa shape index (κ1) is 22.8. The fourth-order valence-corrected chi connectivity index (χ4v) is 4.77. The first-order valence-corrected chi connectivity index (χ1v) is 11.0. The Morgan fingerprint density at radius 2 is 1.66 bits per heavy atom. The van der Waals surface area contributed by atoms with Crippen LogP contribution in [0.1, 0.15) is 12.7 Å². The zero-order valence-corrected chi connectivity index (χ0v) is 18.5. The van der Waals surface area contributed by atoms with E-state index in [0.717, 1.165) is 10.8 Å². The van der Waals surface area contributed by atoms with Crippen molar-refractivity contribution in [2.45, 2.75) is 28.4 Å².